The van der Waals surface area contributed by atoms with E-state index in [0.717, 1.165) is 23.4 Å². The Labute approximate surface area is 141 Å². The van der Waals surface area contributed by atoms with Crippen LogP contribution >= 0.6 is 24.0 Å². The third-order valence-electron chi connectivity index (χ3n) is 2.72. The molecule has 1 atom stereocenters. The summed E-state index contributed by atoms with van der Waals surface area (Å²) in [5, 5.41) is 3.09. The molecule has 0 aliphatic carbocycles. The molecule has 1 rings (SSSR count). The number of hydrogen-bond acceptors (Lipinski definition) is 2. The van der Waals surface area contributed by atoms with Crippen LogP contribution in [0, 0.1) is 5.92 Å². The Morgan fingerprint density at radius 1 is 1.35 bits per heavy atom. The van der Waals surface area contributed by atoms with Crippen LogP contribution in [0.5, 0.6) is 0 Å². The van der Waals surface area contributed by atoms with Crippen LogP contribution in [0.1, 0.15) is 25.8 Å². The average Bonchev–Trinajstić information content (AvgIpc) is 2.36. The topological polar surface area (TPSA) is 67.5 Å². The van der Waals surface area contributed by atoms with Crippen molar-refractivity contribution < 1.29 is 4.21 Å². The molecule has 6 heteroatoms. The Morgan fingerprint density at radius 3 is 2.45 bits per heavy atom. The smallest absolute Gasteiger partial charge is 0.188 e. The third-order valence-corrected chi connectivity index (χ3v) is 3.65. The highest BCUT2D eigenvalue weighted by Gasteiger charge is 1.98. The van der Waals surface area contributed by atoms with Gasteiger partial charge < -0.3 is 11.1 Å². The largest absolute Gasteiger partial charge is 0.370 e. The lowest BCUT2D eigenvalue weighted by atomic mass is 10.1. The van der Waals surface area contributed by atoms with Crippen molar-refractivity contribution in [2.45, 2.75) is 31.7 Å². The maximum absolute atomic E-state index is 11.2. The average molecular weight is 409 g/mol. The summed E-state index contributed by atoms with van der Waals surface area (Å²) in [4.78, 5) is 5.10. The van der Waals surface area contributed by atoms with Gasteiger partial charge in [-0.3, -0.25) is 4.21 Å². The van der Waals surface area contributed by atoms with Crippen LogP contribution in [0.2, 0.25) is 0 Å². The SMILES string of the molecule is CC(C)CCNC(N)=NCc1ccc(S(C)=O)cc1.I. The van der Waals surface area contributed by atoms with E-state index in [-0.39, 0.29) is 24.0 Å². The van der Waals surface area contributed by atoms with Crippen molar-refractivity contribution >= 4 is 40.7 Å². The molecular formula is C14H24IN3OS. The number of nitrogens with zero attached hydrogens (tertiary/aromatic N) is 1. The van der Waals surface area contributed by atoms with E-state index in [0.29, 0.717) is 18.4 Å². The van der Waals surface area contributed by atoms with Gasteiger partial charge in [-0.15, -0.1) is 24.0 Å². The summed E-state index contributed by atoms with van der Waals surface area (Å²) in [6.07, 6.45) is 2.75. The van der Waals surface area contributed by atoms with Crippen LogP contribution in [0.4, 0.5) is 0 Å². The molecule has 0 heterocycles. The van der Waals surface area contributed by atoms with Crippen molar-refractivity contribution in [2.75, 3.05) is 12.8 Å². The fraction of sp³-hybridized carbons (Fsp3) is 0.500. The molecule has 1 aromatic carbocycles. The van der Waals surface area contributed by atoms with E-state index in [2.05, 4.69) is 24.2 Å². The zero-order valence-electron chi connectivity index (χ0n) is 12.3. The Bertz CT molecular complexity index is 446. The molecule has 0 amide bonds. The van der Waals surface area contributed by atoms with Gasteiger partial charge in [0.05, 0.1) is 6.54 Å². The highest BCUT2D eigenvalue weighted by molar-refractivity contribution is 14.0. The predicted molar refractivity (Wildman–Crippen MR) is 97.0 cm³/mol. The van der Waals surface area contributed by atoms with Crippen LogP contribution in [0.15, 0.2) is 34.2 Å². The molecular weight excluding hydrogens is 385 g/mol. The molecule has 4 nitrogen and oxygen atoms in total. The zero-order chi connectivity index (χ0) is 14.3. The molecule has 20 heavy (non-hydrogen) atoms. The van der Waals surface area contributed by atoms with Gasteiger partial charge in [0, 0.05) is 28.5 Å². The monoisotopic (exact) mass is 409 g/mol. The summed E-state index contributed by atoms with van der Waals surface area (Å²) in [6.45, 7) is 5.74. The van der Waals surface area contributed by atoms with E-state index < -0.39 is 10.8 Å². The van der Waals surface area contributed by atoms with Gasteiger partial charge in [-0.25, -0.2) is 4.99 Å². The highest BCUT2D eigenvalue weighted by atomic mass is 127. The van der Waals surface area contributed by atoms with Gasteiger partial charge in [-0.1, -0.05) is 26.0 Å². The lowest BCUT2D eigenvalue weighted by molar-refractivity contribution is 0.576. The van der Waals surface area contributed by atoms with Gasteiger partial charge >= 0.3 is 0 Å². The molecule has 0 aromatic heterocycles. The number of hydrogen-bond donors (Lipinski definition) is 2. The number of guanidine groups is 1. The quantitative estimate of drug-likeness (QED) is 0.431. The first-order valence-corrected chi connectivity index (χ1v) is 8.01. The molecule has 0 aliphatic heterocycles. The van der Waals surface area contributed by atoms with Crippen molar-refractivity contribution in [1.82, 2.24) is 5.32 Å². The second-order valence-corrected chi connectivity index (χ2v) is 6.29. The number of benzene rings is 1. The fourth-order valence-corrected chi connectivity index (χ4v) is 2.03. The Morgan fingerprint density at radius 2 is 1.95 bits per heavy atom. The van der Waals surface area contributed by atoms with E-state index in [4.69, 9.17) is 5.73 Å². The first-order chi connectivity index (χ1) is 8.99. The molecule has 1 unspecified atom stereocenters. The van der Waals surface area contributed by atoms with E-state index in [1.54, 1.807) is 6.26 Å². The van der Waals surface area contributed by atoms with Gasteiger partial charge in [-0.2, -0.15) is 0 Å². The lowest BCUT2D eigenvalue weighted by Gasteiger charge is -2.07. The molecule has 114 valence electrons. The van der Waals surface area contributed by atoms with Crippen LogP contribution in [-0.2, 0) is 17.3 Å². The number of aliphatic imine (C=N–C) groups is 1. The minimum Gasteiger partial charge on any atom is -0.370 e. The Balaban J connectivity index is 0.00000361. The molecule has 0 bridgehead atoms. The van der Waals surface area contributed by atoms with Crippen LogP contribution in [-0.4, -0.2) is 23.0 Å². The molecule has 3 N–H and O–H groups in total. The minimum absolute atomic E-state index is 0. The summed E-state index contributed by atoms with van der Waals surface area (Å²) in [7, 11) is -0.932. The van der Waals surface area contributed by atoms with Gasteiger partial charge in [0.25, 0.3) is 0 Å². The van der Waals surface area contributed by atoms with Crippen molar-refractivity contribution in [1.29, 1.82) is 0 Å². The molecule has 0 spiro atoms. The van der Waals surface area contributed by atoms with E-state index in [1.165, 1.54) is 0 Å². The van der Waals surface area contributed by atoms with Gasteiger partial charge in [0.2, 0.25) is 0 Å². The van der Waals surface area contributed by atoms with E-state index >= 15 is 0 Å². The molecule has 0 saturated carbocycles. The predicted octanol–water partition coefficient (Wildman–Crippen LogP) is 2.49. The zero-order valence-corrected chi connectivity index (χ0v) is 15.4. The first-order valence-electron chi connectivity index (χ1n) is 6.45. The molecule has 0 aliphatic rings. The number of halogens is 1. The Kier molecular flexibility index (Phi) is 9.83. The van der Waals surface area contributed by atoms with Gasteiger partial charge in [-0.05, 0) is 30.0 Å². The summed E-state index contributed by atoms with van der Waals surface area (Å²) in [5.74, 6) is 1.13. The molecule has 0 fully saturated rings. The van der Waals surface area contributed by atoms with Crippen molar-refractivity contribution in [2.24, 2.45) is 16.6 Å². The standard InChI is InChI=1S/C14H23N3OS.HI/c1-11(2)8-9-16-14(15)17-10-12-4-6-13(7-5-12)19(3)18;/h4-7,11H,8-10H2,1-3H3,(H3,15,16,17);1H. The molecule has 0 saturated heterocycles. The number of nitrogens with two attached hydrogens (primary N) is 1. The van der Waals surface area contributed by atoms with Crippen LogP contribution < -0.4 is 11.1 Å². The van der Waals surface area contributed by atoms with Gasteiger partial charge in [0.1, 0.15) is 0 Å². The Hall–Kier alpha value is -0.630. The van der Waals surface area contributed by atoms with Crippen molar-refractivity contribution in [3.05, 3.63) is 29.8 Å². The van der Waals surface area contributed by atoms with Crippen molar-refractivity contribution in [3.8, 4) is 0 Å². The second-order valence-electron chi connectivity index (χ2n) is 4.91. The maximum Gasteiger partial charge on any atom is 0.188 e. The van der Waals surface area contributed by atoms with E-state index in [9.17, 15) is 4.21 Å². The second kappa shape index (κ2) is 10.1. The molecule has 1 aromatic rings. The van der Waals surface area contributed by atoms with E-state index in [1.807, 2.05) is 24.3 Å². The lowest BCUT2D eigenvalue weighted by Crippen LogP contribution is -2.32. The summed E-state index contributed by atoms with van der Waals surface area (Å²) in [6, 6.07) is 7.59. The van der Waals surface area contributed by atoms with Crippen LogP contribution in [0.3, 0.4) is 0 Å². The van der Waals surface area contributed by atoms with Crippen LogP contribution in [0.25, 0.3) is 0 Å². The highest BCUT2D eigenvalue weighted by Crippen LogP contribution is 2.08. The van der Waals surface area contributed by atoms with Crippen molar-refractivity contribution in [3.63, 3.8) is 0 Å². The normalized spacial score (nSPS) is 12.9. The fourth-order valence-electron chi connectivity index (χ4n) is 1.51. The summed E-state index contributed by atoms with van der Waals surface area (Å²) in [5.41, 5.74) is 6.83. The number of nitrogens with one attached hydrogen (secondary N) is 1. The summed E-state index contributed by atoms with van der Waals surface area (Å²) >= 11 is 0. The third kappa shape index (κ3) is 7.84. The first kappa shape index (κ1) is 19.4. The van der Waals surface area contributed by atoms with Gasteiger partial charge in [0.15, 0.2) is 5.96 Å². The maximum atomic E-state index is 11.2. The minimum atomic E-state index is -0.932. The molecule has 0 radical (unpaired) electrons. The summed E-state index contributed by atoms with van der Waals surface area (Å²) < 4.78 is 11.2. The number of rotatable bonds is 6.